The van der Waals surface area contributed by atoms with Crippen molar-refractivity contribution in [1.82, 2.24) is 4.90 Å². The third-order valence-corrected chi connectivity index (χ3v) is 16.2. The van der Waals surface area contributed by atoms with Crippen LogP contribution in [0.2, 0.25) is 0 Å². The minimum absolute atomic E-state index is 0.0260. The lowest BCUT2D eigenvalue weighted by Crippen LogP contribution is -2.66. The Morgan fingerprint density at radius 2 is 1.59 bits per heavy atom. The molecule has 5 saturated carbocycles. The van der Waals surface area contributed by atoms with Crippen molar-refractivity contribution in [3.63, 3.8) is 0 Å². The number of ether oxygens (including phenoxy) is 1. The quantitative estimate of drug-likeness (QED) is 0.190. The van der Waals surface area contributed by atoms with Crippen LogP contribution in [0.4, 0.5) is 0 Å². The maximum Gasteiger partial charge on any atom is 0.306 e. The van der Waals surface area contributed by atoms with Crippen molar-refractivity contribution in [1.29, 1.82) is 0 Å². The van der Waals surface area contributed by atoms with Gasteiger partial charge in [-0.3, -0.25) is 9.59 Å². The van der Waals surface area contributed by atoms with Crippen molar-refractivity contribution in [3.8, 4) is 0 Å². The molecule has 5 aliphatic rings. The second kappa shape index (κ2) is 12.2. The molecule has 0 aromatic heterocycles. The fourth-order valence-electron chi connectivity index (χ4n) is 13.5. The van der Waals surface area contributed by atoms with Crippen molar-refractivity contribution >= 4 is 11.9 Å². The van der Waals surface area contributed by atoms with Gasteiger partial charge in [-0.2, -0.15) is 0 Å². The summed E-state index contributed by atoms with van der Waals surface area (Å²) in [5.74, 6) is 2.32. The smallest absolute Gasteiger partial charge is 0.306 e. The van der Waals surface area contributed by atoms with Crippen LogP contribution >= 0.6 is 0 Å². The zero-order valence-corrected chi connectivity index (χ0v) is 31.4. The predicted molar refractivity (Wildman–Crippen MR) is 187 cm³/mol. The number of hydrogen-bond donors (Lipinski definition) is 1. The molecule has 0 radical (unpaired) electrons. The van der Waals surface area contributed by atoms with Crippen LogP contribution in [0.3, 0.4) is 0 Å². The highest BCUT2D eigenvalue weighted by Gasteiger charge is 2.71. The Kier molecular flexibility index (Phi) is 9.53. The van der Waals surface area contributed by atoms with Crippen molar-refractivity contribution < 1.29 is 19.4 Å². The summed E-state index contributed by atoms with van der Waals surface area (Å²) in [6.45, 7) is 28.1. The lowest BCUT2D eigenvalue weighted by atomic mass is 9.32. The standard InChI is InChI=1S/C41H69NO4/c1-12-42(11)24-23-41-20-15-28(27(2)3)35(41)29-13-14-31-38(8)18-17-32(46-34(45)26-36(4,5)25-33(43)44)37(6,7)30(38)16-19-40(31,10)39(29,9)21-22-41/h28-32,35H,2,12-26H2,1,3-11H3,(H,43,44)/t28-,29+,30?,31?,32-,35+,38-,39+,40+,41+/m0/s1. The van der Waals surface area contributed by atoms with E-state index < -0.39 is 11.4 Å². The third kappa shape index (κ3) is 5.73. The lowest BCUT2D eigenvalue weighted by molar-refractivity contribution is -0.250. The monoisotopic (exact) mass is 640 g/mol. The van der Waals surface area contributed by atoms with Crippen LogP contribution in [0, 0.1) is 62.1 Å². The maximum atomic E-state index is 13.2. The zero-order chi connectivity index (χ0) is 34.1. The fraction of sp³-hybridized carbons (Fsp3) is 0.902. The first-order chi connectivity index (χ1) is 21.3. The molecule has 5 rings (SSSR count). The molecular formula is C41H69NO4. The van der Waals surface area contributed by atoms with Crippen LogP contribution < -0.4 is 0 Å². The first-order valence-corrected chi connectivity index (χ1v) is 19.0. The largest absolute Gasteiger partial charge is 0.481 e. The van der Waals surface area contributed by atoms with Gasteiger partial charge in [-0.15, -0.1) is 0 Å². The summed E-state index contributed by atoms with van der Waals surface area (Å²) in [4.78, 5) is 27.1. The van der Waals surface area contributed by atoms with Gasteiger partial charge in [0.1, 0.15) is 6.10 Å². The number of hydrogen-bond acceptors (Lipinski definition) is 4. The molecule has 5 fully saturated rings. The summed E-state index contributed by atoms with van der Waals surface area (Å²) in [5, 5.41) is 9.32. The number of aliphatic carboxylic acids is 1. The highest BCUT2D eigenvalue weighted by Crippen LogP contribution is 2.78. The van der Waals surface area contributed by atoms with Gasteiger partial charge < -0.3 is 14.7 Å². The molecule has 0 aromatic carbocycles. The molecule has 2 unspecified atom stereocenters. The molecule has 5 heteroatoms. The number of carbonyl (C=O) groups excluding carboxylic acids is 1. The molecule has 0 aromatic rings. The van der Waals surface area contributed by atoms with Gasteiger partial charge in [0.2, 0.25) is 0 Å². The Morgan fingerprint density at radius 1 is 0.891 bits per heavy atom. The first kappa shape index (κ1) is 35.9. The van der Waals surface area contributed by atoms with Gasteiger partial charge in [0.05, 0.1) is 12.8 Å². The maximum absolute atomic E-state index is 13.2. The van der Waals surface area contributed by atoms with Crippen LogP contribution in [0.25, 0.3) is 0 Å². The van der Waals surface area contributed by atoms with E-state index in [1.165, 1.54) is 69.9 Å². The van der Waals surface area contributed by atoms with E-state index in [0.29, 0.717) is 34.0 Å². The van der Waals surface area contributed by atoms with Gasteiger partial charge in [0, 0.05) is 5.41 Å². The molecule has 262 valence electrons. The van der Waals surface area contributed by atoms with Crippen molar-refractivity contribution in [3.05, 3.63) is 12.2 Å². The van der Waals surface area contributed by atoms with E-state index in [9.17, 15) is 14.7 Å². The number of carboxylic acid groups (broad SMARTS) is 1. The van der Waals surface area contributed by atoms with Crippen molar-refractivity contribution in [2.75, 3.05) is 20.1 Å². The molecule has 10 atom stereocenters. The van der Waals surface area contributed by atoms with Crippen LogP contribution in [-0.4, -0.2) is 48.2 Å². The molecule has 46 heavy (non-hydrogen) atoms. The predicted octanol–water partition coefficient (Wildman–Crippen LogP) is 9.79. The molecule has 0 amide bonds. The van der Waals surface area contributed by atoms with Crippen LogP contribution in [-0.2, 0) is 14.3 Å². The van der Waals surface area contributed by atoms with Gasteiger partial charge in [-0.05, 0) is 154 Å². The van der Waals surface area contributed by atoms with Crippen LogP contribution in [0.1, 0.15) is 146 Å². The second-order valence-corrected chi connectivity index (χ2v) is 19.4. The van der Waals surface area contributed by atoms with E-state index in [0.717, 1.165) is 31.2 Å². The van der Waals surface area contributed by atoms with Gasteiger partial charge in [-0.25, -0.2) is 0 Å². The van der Waals surface area contributed by atoms with E-state index in [4.69, 9.17) is 4.74 Å². The van der Waals surface area contributed by atoms with Crippen LogP contribution in [0.5, 0.6) is 0 Å². The highest BCUT2D eigenvalue weighted by atomic mass is 16.5. The minimum Gasteiger partial charge on any atom is -0.481 e. The molecule has 1 N–H and O–H groups in total. The molecule has 0 bridgehead atoms. The number of allylic oxidation sites excluding steroid dienone is 1. The highest BCUT2D eigenvalue weighted by molar-refractivity contribution is 5.73. The van der Waals surface area contributed by atoms with Gasteiger partial charge >= 0.3 is 11.9 Å². The molecule has 5 aliphatic carbocycles. The topological polar surface area (TPSA) is 66.8 Å². The zero-order valence-electron chi connectivity index (χ0n) is 31.4. The summed E-state index contributed by atoms with van der Waals surface area (Å²) in [6, 6.07) is 0. The van der Waals surface area contributed by atoms with Crippen LogP contribution in [0.15, 0.2) is 12.2 Å². The number of fused-ring (bicyclic) bond motifs is 7. The second-order valence-electron chi connectivity index (χ2n) is 19.4. The van der Waals surface area contributed by atoms with E-state index in [-0.39, 0.29) is 35.7 Å². The molecule has 0 saturated heterocycles. The van der Waals surface area contributed by atoms with E-state index in [1.54, 1.807) is 0 Å². The minimum atomic E-state index is -0.865. The molecule has 5 nitrogen and oxygen atoms in total. The Labute approximate surface area is 282 Å². The average Bonchev–Trinajstić information content (AvgIpc) is 3.33. The number of carbonyl (C=O) groups is 2. The molecular weight excluding hydrogens is 570 g/mol. The number of carboxylic acids is 1. The van der Waals surface area contributed by atoms with Gasteiger partial charge in [-0.1, -0.05) is 67.5 Å². The van der Waals surface area contributed by atoms with E-state index in [2.05, 4.69) is 67.0 Å². The Bertz CT molecular complexity index is 1190. The van der Waals surface area contributed by atoms with Crippen molar-refractivity contribution in [2.24, 2.45) is 62.1 Å². The Hall–Kier alpha value is -1.36. The number of rotatable bonds is 10. The SMILES string of the molecule is C=C(C)[C@@H]1CC[C@]2(CCN(C)CC)CC[C@]3(C)[C@H](CCC4[C@@]5(C)CC[C@H](OC(=O)CC(C)(C)CC(=O)O)C(C)(C)C5CC[C@]43C)[C@@H]12. The fourth-order valence-corrected chi connectivity index (χ4v) is 13.5. The summed E-state index contributed by atoms with van der Waals surface area (Å²) in [5.41, 5.74) is 2.09. The lowest BCUT2D eigenvalue weighted by Gasteiger charge is -2.73. The average molecular weight is 640 g/mol. The van der Waals surface area contributed by atoms with Crippen molar-refractivity contribution in [2.45, 2.75) is 152 Å². The van der Waals surface area contributed by atoms with Gasteiger partial charge in [0.15, 0.2) is 0 Å². The normalized spacial score (nSPS) is 43.2. The van der Waals surface area contributed by atoms with E-state index in [1.807, 2.05) is 13.8 Å². The summed E-state index contributed by atoms with van der Waals surface area (Å²) < 4.78 is 6.28. The van der Waals surface area contributed by atoms with E-state index >= 15 is 0 Å². The Morgan fingerprint density at radius 3 is 2.22 bits per heavy atom. The number of nitrogens with zero attached hydrogens (tertiary/aromatic N) is 1. The molecule has 0 aliphatic heterocycles. The molecule has 0 heterocycles. The first-order valence-electron chi connectivity index (χ1n) is 19.0. The van der Waals surface area contributed by atoms with Gasteiger partial charge in [0.25, 0.3) is 0 Å². The summed E-state index contributed by atoms with van der Waals surface area (Å²) in [6.07, 6.45) is 14.0. The summed E-state index contributed by atoms with van der Waals surface area (Å²) >= 11 is 0. The summed E-state index contributed by atoms with van der Waals surface area (Å²) in [7, 11) is 2.30. The third-order valence-electron chi connectivity index (χ3n) is 16.2. The molecule has 0 spiro atoms. The number of esters is 1. The Balaban J connectivity index is 1.38.